The number of aryl methyl sites for hydroxylation is 1. The fraction of sp³-hybridized carbons (Fsp3) is 0.375. The molecule has 2 amide bonds. The number of nitrogens with zero attached hydrogens (tertiary/aromatic N) is 3. The molecule has 1 unspecified atom stereocenters. The molecule has 1 atom stereocenters. The number of aromatic nitrogens is 2. The Hall–Kier alpha value is -1.89. The quantitative estimate of drug-likeness (QED) is 0.649. The normalized spacial score (nSPS) is 16.4. The molecule has 0 aliphatic carbocycles. The van der Waals surface area contributed by atoms with Crippen LogP contribution in [0.3, 0.4) is 0 Å². The van der Waals surface area contributed by atoms with Crippen LogP contribution in [0.1, 0.15) is 12.8 Å². The molecule has 10 nitrogen and oxygen atoms in total. The standard InChI is InChI=1S/C16H19Cl2N5O5S/c1-21-10-15(9-19-21)22(14-2-4-28-5-3-14)29(26,27)23(25)16(24)20-13-7-11(17)6-12(18)8-13/h6-10,14,23H,2-5H2,1H3,(H,20,24). The van der Waals surface area contributed by atoms with Crippen LogP contribution in [0.5, 0.6) is 0 Å². The largest absolute Gasteiger partial charge is 0.608 e. The average Bonchev–Trinajstić information content (AvgIpc) is 3.06. The van der Waals surface area contributed by atoms with Crippen molar-refractivity contribution in [2.75, 3.05) is 22.8 Å². The van der Waals surface area contributed by atoms with Crippen LogP contribution in [0.2, 0.25) is 10.0 Å². The number of hydrogen-bond acceptors (Lipinski definition) is 6. The van der Waals surface area contributed by atoms with Crippen molar-refractivity contribution < 1.29 is 22.4 Å². The Morgan fingerprint density at radius 2 is 1.93 bits per heavy atom. The summed E-state index contributed by atoms with van der Waals surface area (Å²) < 4.78 is 32.2. The highest BCUT2D eigenvalue weighted by Gasteiger charge is 2.40. The Morgan fingerprint density at radius 1 is 1.31 bits per heavy atom. The fourth-order valence-electron chi connectivity index (χ4n) is 3.00. The van der Waals surface area contributed by atoms with Gasteiger partial charge in [0.05, 0.1) is 17.9 Å². The molecule has 2 N–H and O–H groups in total. The van der Waals surface area contributed by atoms with Crippen LogP contribution in [0.25, 0.3) is 0 Å². The number of hydrogen-bond donors (Lipinski definition) is 2. The minimum Gasteiger partial charge on any atom is -0.608 e. The van der Waals surface area contributed by atoms with Crippen LogP contribution in [-0.2, 0) is 22.0 Å². The first-order valence-electron chi connectivity index (χ1n) is 8.60. The molecule has 2 aromatic rings. The summed E-state index contributed by atoms with van der Waals surface area (Å²) in [7, 11) is -3.05. The summed E-state index contributed by atoms with van der Waals surface area (Å²) in [6.45, 7) is 0.691. The van der Waals surface area contributed by atoms with Crippen molar-refractivity contribution in [3.8, 4) is 0 Å². The van der Waals surface area contributed by atoms with E-state index in [4.69, 9.17) is 27.9 Å². The summed E-state index contributed by atoms with van der Waals surface area (Å²) in [5, 5.41) is 19.3. The smallest absolute Gasteiger partial charge is 0.436 e. The van der Waals surface area contributed by atoms with E-state index in [9.17, 15) is 18.4 Å². The number of ether oxygens (including phenoxy) is 1. The van der Waals surface area contributed by atoms with Gasteiger partial charge in [0.2, 0.25) is 0 Å². The topological polar surface area (TPSA) is 121 Å². The summed E-state index contributed by atoms with van der Waals surface area (Å²) in [5.74, 6) is 0. The predicted molar refractivity (Wildman–Crippen MR) is 108 cm³/mol. The van der Waals surface area contributed by atoms with Crippen LogP contribution in [0.15, 0.2) is 30.6 Å². The maximum atomic E-state index is 13.1. The van der Waals surface area contributed by atoms with Crippen molar-refractivity contribution in [2.24, 2.45) is 7.05 Å². The molecule has 0 radical (unpaired) electrons. The third-order valence-electron chi connectivity index (χ3n) is 4.27. The predicted octanol–water partition coefficient (Wildman–Crippen LogP) is 1.57. The van der Waals surface area contributed by atoms with Crippen molar-refractivity contribution in [3.05, 3.63) is 45.8 Å². The van der Waals surface area contributed by atoms with E-state index in [2.05, 4.69) is 10.4 Å². The van der Waals surface area contributed by atoms with E-state index in [1.807, 2.05) is 0 Å². The minimum absolute atomic E-state index is 0.107. The summed E-state index contributed by atoms with van der Waals surface area (Å²) in [6.07, 6.45) is 3.56. The highest BCUT2D eigenvalue weighted by molar-refractivity contribution is 7.86. The van der Waals surface area contributed by atoms with Crippen molar-refractivity contribution in [1.82, 2.24) is 9.78 Å². The van der Waals surface area contributed by atoms with Crippen molar-refractivity contribution in [1.29, 1.82) is 0 Å². The number of amides is 2. The molecule has 13 heteroatoms. The number of rotatable bonds is 5. The van der Waals surface area contributed by atoms with Gasteiger partial charge in [0.15, 0.2) is 0 Å². The maximum absolute atomic E-state index is 13.1. The molecular formula is C16H19Cl2N5O5S. The van der Waals surface area contributed by atoms with Gasteiger partial charge in [0, 0.05) is 42.2 Å². The second-order valence-corrected chi connectivity index (χ2v) is 9.00. The summed E-state index contributed by atoms with van der Waals surface area (Å²) in [4.78, 5) is 12.4. The molecular weight excluding hydrogens is 445 g/mol. The highest BCUT2D eigenvalue weighted by Crippen LogP contribution is 2.25. The van der Waals surface area contributed by atoms with Crippen molar-refractivity contribution >= 4 is 50.8 Å². The Morgan fingerprint density at radius 3 is 2.48 bits per heavy atom. The van der Waals surface area contributed by atoms with Gasteiger partial charge in [-0.2, -0.15) is 18.0 Å². The van der Waals surface area contributed by atoms with Gasteiger partial charge in [-0.1, -0.05) is 23.2 Å². The number of anilines is 2. The van der Waals surface area contributed by atoms with Gasteiger partial charge in [-0.15, -0.1) is 0 Å². The van der Waals surface area contributed by atoms with E-state index < -0.39 is 26.8 Å². The van der Waals surface area contributed by atoms with Crippen LogP contribution in [-0.4, -0.2) is 43.5 Å². The number of nitrogens with one attached hydrogen (secondary N) is 2. The van der Waals surface area contributed by atoms with Gasteiger partial charge >= 0.3 is 16.2 Å². The van der Waals surface area contributed by atoms with E-state index >= 15 is 0 Å². The number of benzene rings is 1. The zero-order valence-corrected chi connectivity index (χ0v) is 17.7. The molecule has 0 spiro atoms. The number of hydroxylamine groups is 1. The van der Waals surface area contributed by atoms with E-state index in [-0.39, 0.29) is 21.4 Å². The van der Waals surface area contributed by atoms with Gasteiger partial charge in [-0.25, -0.2) is 9.10 Å². The van der Waals surface area contributed by atoms with E-state index in [1.165, 1.54) is 35.3 Å². The number of quaternary nitrogens is 1. The first kappa shape index (κ1) is 21.8. The summed E-state index contributed by atoms with van der Waals surface area (Å²) >= 11 is 11.7. The first-order chi connectivity index (χ1) is 13.7. The lowest BCUT2D eigenvalue weighted by Crippen LogP contribution is -3.14. The molecule has 1 aliphatic heterocycles. The van der Waals surface area contributed by atoms with Gasteiger partial charge in [0.25, 0.3) is 0 Å². The molecule has 29 heavy (non-hydrogen) atoms. The van der Waals surface area contributed by atoms with Gasteiger partial charge in [-0.05, 0) is 31.0 Å². The number of urea groups is 1. The Kier molecular flexibility index (Phi) is 6.66. The molecule has 1 saturated heterocycles. The Balaban J connectivity index is 1.88. The lowest BCUT2D eigenvalue weighted by atomic mass is 10.1. The molecule has 158 valence electrons. The van der Waals surface area contributed by atoms with E-state index in [0.717, 1.165) is 4.31 Å². The molecule has 0 bridgehead atoms. The molecule has 1 aliphatic rings. The molecule has 3 rings (SSSR count). The molecule has 0 saturated carbocycles. The second kappa shape index (κ2) is 8.86. The Bertz CT molecular complexity index is 973. The number of carbonyl (C=O) groups is 1. The fourth-order valence-corrected chi connectivity index (χ4v) is 4.97. The highest BCUT2D eigenvalue weighted by atomic mass is 35.5. The van der Waals surface area contributed by atoms with E-state index in [1.54, 1.807) is 7.05 Å². The summed E-state index contributed by atoms with van der Waals surface area (Å²) in [6, 6.07) is 2.29. The first-order valence-corrected chi connectivity index (χ1v) is 10.8. The third kappa shape index (κ3) is 5.00. The monoisotopic (exact) mass is 463 g/mol. The minimum atomic E-state index is -4.67. The van der Waals surface area contributed by atoms with Crippen molar-refractivity contribution in [2.45, 2.75) is 18.9 Å². The number of halogens is 2. The second-order valence-electron chi connectivity index (χ2n) is 6.42. The molecule has 2 heterocycles. The molecule has 1 aromatic heterocycles. The van der Waals surface area contributed by atoms with Crippen molar-refractivity contribution in [3.63, 3.8) is 0 Å². The summed E-state index contributed by atoms with van der Waals surface area (Å²) in [5.41, 5.74) is 0.307. The van der Waals surface area contributed by atoms with Gasteiger partial charge in [0.1, 0.15) is 0 Å². The average molecular weight is 464 g/mol. The lowest BCUT2D eigenvalue weighted by molar-refractivity contribution is -0.604. The maximum Gasteiger partial charge on any atom is 0.436 e. The zero-order chi connectivity index (χ0) is 21.2. The van der Waals surface area contributed by atoms with Gasteiger partial charge < -0.3 is 9.94 Å². The van der Waals surface area contributed by atoms with Crippen LogP contribution in [0, 0.1) is 5.21 Å². The molecule has 1 fully saturated rings. The SMILES string of the molecule is Cn1cc(N(C2CCOCC2)S(=O)(=O)[NH+]([O-])C(=O)Nc2cc(Cl)cc(Cl)c2)cn1. The number of carbonyl (C=O) groups excluding carboxylic acids is 1. The molecule has 1 aromatic carbocycles. The lowest BCUT2D eigenvalue weighted by Gasteiger charge is -2.35. The van der Waals surface area contributed by atoms with Crippen LogP contribution in [0.4, 0.5) is 16.2 Å². The van der Waals surface area contributed by atoms with Crippen LogP contribution < -0.4 is 14.1 Å². The third-order valence-corrected chi connectivity index (χ3v) is 6.38. The van der Waals surface area contributed by atoms with E-state index in [0.29, 0.717) is 26.1 Å². The van der Waals surface area contributed by atoms with Crippen LogP contribution >= 0.6 is 23.2 Å². The van der Waals surface area contributed by atoms with Gasteiger partial charge in [-0.3, -0.25) is 10.00 Å². The zero-order valence-electron chi connectivity index (χ0n) is 15.3. The Labute approximate surface area is 177 Å².